The first-order valence-electron chi connectivity index (χ1n) is 13.2. The maximum Gasteiger partial charge on any atom is 0.416 e. The van der Waals surface area contributed by atoms with E-state index in [0.717, 1.165) is 12.1 Å². The molecule has 0 spiro atoms. The highest BCUT2D eigenvalue weighted by molar-refractivity contribution is 5.83. The SMILES string of the molecule is N#Cc1ccc(Nc2nc(Oc3cc(=O)oc4ccccc34)nc(N3CCN(c4cccc(C(F)(F)F)c4)CC3)n2)cc1. The highest BCUT2D eigenvalue weighted by atomic mass is 19.4. The second kappa shape index (κ2) is 11.3. The van der Waals surface area contributed by atoms with Crippen molar-refractivity contribution in [2.45, 2.75) is 6.18 Å². The van der Waals surface area contributed by atoms with Gasteiger partial charge in [-0.1, -0.05) is 18.2 Å². The fourth-order valence-corrected chi connectivity index (χ4v) is 4.65. The molecule has 0 radical (unpaired) electrons. The smallest absolute Gasteiger partial charge is 0.416 e. The first kappa shape index (κ1) is 27.5. The molecule has 10 nitrogen and oxygen atoms in total. The van der Waals surface area contributed by atoms with Crippen molar-refractivity contribution in [3.63, 3.8) is 0 Å². The van der Waals surface area contributed by atoms with Crippen LogP contribution >= 0.6 is 0 Å². The lowest BCUT2D eigenvalue weighted by Gasteiger charge is -2.36. The van der Waals surface area contributed by atoms with E-state index >= 15 is 0 Å². The lowest BCUT2D eigenvalue weighted by Crippen LogP contribution is -2.47. The third-order valence-electron chi connectivity index (χ3n) is 6.79. The van der Waals surface area contributed by atoms with Gasteiger partial charge in [0.15, 0.2) is 0 Å². The number of piperazine rings is 1. The summed E-state index contributed by atoms with van der Waals surface area (Å²) in [5.41, 5.74) is 0.604. The van der Waals surface area contributed by atoms with E-state index in [0.29, 0.717) is 54.1 Å². The molecule has 216 valence electrons. The topological polar surface area (TPSA) is 120 Å². The Kier molecular flexibility index (Phi) is 7.25. The molecular formula is C30H22F3N7O3. The van der Waals surface area contributed by atoms with Gasteiger partial charge in [-0.2, -0.15) is 33.4 Å². The summed E-state index contributed by atoms with van der Waals surface area (Å²) in [5.74, 6) is 0.622. The largest absolute Gasteiger partial charge is 0.423 e. The van der Waals surface area contributed by atoms with E-state index in [1.54, 1.807) is 54.6 Å². The van der Waals surface area contributed by atoms with E-state index in [4.69, 9.17) is 14.4 Å². The van der Waals surface area contributed by atoms with Crippen LogP contribution in [0.2, 0.25) is 0 Å². The van der Waals surface area contributed by atoms with Gasteiger partial charge in [0.05, 0.1) is 28.6 Å². The number of hydrogen-bond donors (Lipinski definition) is 1. The van der Waals surface area contributed by atoms with Crippen LogP contribution < -0.4 is 25.5 Å². The molecule has 13 heteroatoms. The van der Waals surface area contributed by atoms with Gasteiger partial charge in [-0.05, 0) is 54.6 Å². The van der Waals surface area contributed by atoms with Crippen LogP contribution in [0.5, 0.6) is 11.8 Å². The molecule has 3 aromatic carbocycles. The molecule has 1 aliphatic heterocycles. The van der Waals surface area contributed by atoms with Crippen LogP contribution in [-0.4, -0.2) is 41.1 Å². The van der Waals surface area contributed by atoms with E-state index < -0.39 is 17.4 Å². The van der Waals surface area contributed by atoms with Gasteiger partial charge in [0.25, 0.3) is 0 Å². The molecule has 0 atom stereocenters. The van der Waals surface area contributed by atoms with Gasteiger partial charge in [0.2, 0.25) is 11.9 Å². The highest BCUT2D eigenvalue weighted by Gasteiger charge is 2.31. The summed E-state index contributed by atoms with van der Waals surface area (Å²) in [7, 11) is 0. The molecule has 1 N–H and O–H groups in total. The predicted molar refractivity (Wildman–Crippen MR) is 153 cm³/mol. The van der Waals surface area contributed by atoms with Crippen LogP contribution in [0.1, 0.15) is 11.1 Å². The van der Waals surface area contributed by atoms with Crippen molar-refractivity contribution in [3.05, 3.63) is 100 Å². The fraction of sp³-hybridized carbons (Fsp3) is 0.167. The zero-order chi connectivity index (χ0) is 30.0. The monoisotopic (exact) mass is 585 g/mol. The van der Waals surface area contributed by atoms with Crippen LogP contribution in [0.25, 0.3) is 11.0 Å². The van der Waals surface area contributed by atoms with E-state index in [2.05, 4.69) is 26.3 Å². The second-order valence-corrected chi connectivity index (χ2v) is 9.61. The van der Waals surface area contributed by atoms with Crippen molar-refractivity contribution in [2.75, 3.05) is 41.3 Å². The van der Waals surface area contributed by atoms with E-state index in [9.17, 15) is 18.0 Å². The van der Waals surface area contributed by atoms with Crippen LogP contribution in [-0.2, 0) is 6.18 Å². The Hall–Kier alpha value is -5.64. The third-order valence-corrected chi connectivity index (χ3v) is 6.79. The third kappa shape index (κ3) is 6.18. The fourth-order valence-electron chi connectivity index (χ4n) is 4.65. The molecule has 1 fully saturated rings. The van der Waals surface area contributed by atoms with E-state index in [1.165, 1.54) is 12.1 Å². The maximum atomic E-state index is 13.2. The number of benzene rings is 3. The number of nitriles is 1. The number of rotatable bonds is 6. The van der Waals surface area contributed by atoms with Crippen LogP contribution in [0.15, 0.2) is 88.1 Å². The molecule has 43 heavy (non-hydrogen) atoms. The summed E-state index contributed by atoms with van der Waals surface area (Å²) in [6.07, 6.45) is -4.43. The molecule has 1 saturated heterocycles. The van der Waals surface area contributed by atoms with Gasteiger partial charge in [-0.25, -0.2) is 4.79 Å². The van der Waals surface area contributed by atoms with Gasteiger partial charge < -0.3 is 24.3 Å². The molecular weight excluding hydrogens is 563 g/mol. The number of ether oxygens (including phenoxy) is 1. The number of anilines is 4. The number of alkyl halides is 3. The Morgan fingerprint density at radius 2 is 1.63 bits per heavy atom. The molecule has 0 amide bonds. The average Bonchev–Trinajstić information content (AvgIpc) is 3.01. The number of fused-ring (bicyclic) bond motifs is 1. The predicted octanol–water partition coefficient (Wildman–Crippen LogP) is 5.73. The number of nitrogens with one attached hydrogen (secondary N) is 1. The van der Waals surface area contributed by atoms with Crippen molar-refractivity contribution in [3.8, 4) is 17.8 Å². The summed E-state index contributed by atoms with van der Waals surface area (Å²) >= 11 is 0. The zero-order valence-corrected chi connectivity index (χ0v) is 22.4. The second-order valence-electron chi connectivity index (χ2n) is 9.61. The number of nitrogens with zero attached hydrogens (tertiary/aromatic N) is 6. The number of aromatic nitrogens is 3. The van der Waals surface area contributed by atoms with Crippen molar-refractivity contribution in [2.24, 2.45) is 0 Å². The standard InChI is InChI=1S/C30H22F3N7O3/c31-30(32,33)20-4-3-5-22(16-20)39-12-14-40(15-13-39)28-36-27(35-21-10-8-19(18-34)9-11-21)37-29(38-28)43-25-17-26(41)42-24-7-2-1-6-23(24)25/h1-11,16-17H,12-15H2,(H,35,36,37,38). The van der Waals surface area contributed by atoms with Gasteiger partial charge in [0, 0.05) is 37.6 Å². The minimum atomic E-state index is -4.43. The number of para-hydroxylation sites is 1. The summed E-state index contributed by atoms with van der Waals surface area (Å²) in [6.45, 7) is 1.67. The lowest BCUT2D eigenvalue weighted by atomic mass is 10.1. The molecule has 0 bridgehead atoms. The number of hydrogen-bond acceptors (Lipinski definition) is 10. The highest BCUT2D eigenvalue weighted by Crippen LogP contribution is 2.33. The van der Waals surface area contributed by atoms with Crippen molar-refractivity contribution < 1.29 is 22.3 Å². The van der Waals surface area contributed by atoms with Gasteiger partial charge >= 0.3 is 17.8 Å². The lowest BCUT2D eigenvalue weighted by molar-refractivity contribution is -0.137. The Balaban J connectivity index is 1.29. The normalized spacial score (nSPS) is 13.5. The molecule has 0 aliphatic carbocycles. The minimum Gasteiger partial charge on any atom is -0.423 e. The maximum absolute atomic E-state index is 13.2. The molecule has 3 heterocycles. The summed E-state index contributed by atoms with van der Waals surface area (Å²) in [6, 6.07) is 22.0. The van der Waals surface area contributed by atoms with Gasteiger partial charge in [-0.15, -0.1) is 0 Å². The van der Waals surface area contributed by atoms with Gasteiger partial charge in [0.1, 0.15) is 11.3 Å². The van der Waals surface area contributed by atoms with Crippen LogP contribution in [0, 0.1) is 11.3 Å². The first-order chi connectivity index (χ1) is 20.7. The average molecular weight is 586 g/mol. The molecule has 1 aliphatic rings. The van der Waals surface area contributed by atoms with Crippen molar-refractivity contribution >= 4 is 34.2 Å². The quantitative estimate of drug-likeness (QED) is 0.247. The Morgan fingerprint density at radius 3 is 2.37 bits per heavy atom. The van der Waals surface area contributed by atoms with E-state index in [-0.39, 0.29) is 23.7 Å². The first-order valence-corrected chi connectivity index (χ1v) is 13.2. The molecule has 0 saturated carbocycles. The number of halogens is 3. The summed E-state index contributed by atoms with van der Waals surface area (Å²) in [4.78, 5) is 29.4. The summed E-state index contributed by atoms with van der Waals surface area (Å²) in [5, 5.41) is 12.7. The molecule has 5 aromatic rings. The molecule has 2 aromatic heterocycles. The Labute approximate surface area is 242 Å². The van der Waals surface area contributed by atoms with E-state index in [1.807, 2.05) is 9.80 Å². The van der Waals surface area contributed by atoms with Crippen LogP contribution in [0.4, 0.5) is 36.4 Å². The molecule has 0 unspecified atom stereocenters. The minimum absolute atomic E-state index is 0.0859. The Morgan fingerprint density at radius 1 is 0.884 bits per heavy atom. The summed E-state index contributed by atoms with van der Waals surface area (Å²) < 4.78 is 51.0. The van der Waals surface area contributed by atoms with Gasteiger partial charge in [-0.3, -0.25) is 0 Å². The zero-order valence-electron chi connectivity index (χ0n) is 22.4. The molecule has 6 rings (SSSR count). The Bertz CT molecular complexity index is 1880. The van der Waals surface area contributed by atoms with Crippen molar-refractivity contribution in [1.82, 2.24) is 15.0 Å². The van der Waals surface area contributed by atoms with Crippen LogP contribution in [0.3, 0.4) is 0 Å². The van der Waals surface area contributed by atoms with Crippen molar-refractivity contribution in [1.29, 1.82) is 5.26 Å².